The third-order valence-corrected chi connectivity index (χ3v) is 5.74. The Labute approximate surface area is 160 Å². The quantitative estimate of drug-likeness (QED) is 0.470. The van der Waals surface area contributed by atoms with Gasteiger partial charge in [-0.3, -0.25) is 20.2 Å². The Kier molecular flexibility index (Phi) is 5.64. The molecule has 0 aliphatic heterocycles. The standard InChI is InChI=1S/C14H14N6O3S3/c1-6-4-9(7(2)23-6)11(22)16-13-19-20-14(26-13)24-5-10(21)15-12-18-17-8(3)25-12/h4H,5H2,1-3H3,(H,15,18,21)(H,16,19,22). The second-order valence-electron chi connectivity index (χ2n) is 5.12. The van der Waals surface area contributed by atoms with Gasteiger partial charge in [-0.2, -0.15) is 0 Å². The molecule has 2 N–H and O–H groups in total. The Morgan fingerprint density at radius 3 is 2.46 bits per heavy atom. The van der Waals surface area contributed by atoms with Crippen molar-refractivity contribution in [1.29, 1.82) is 0 Å². The Morgan fingerprint density at radius 1 is 1.08 bits per heavy atom. The molecule has 3 heterocycles. The van der Waals surface area contributed by atoms with Crippen LogP contribution < -0.4 is 10.6 Å². The van der Waals surface area contributed by atoms with E-state index in [1.54, 1.807) is 19.9 Å². The molecule has 3 aromatic rings. The predicted octanol–water partition coefficient (Wildman–Crippen LogP) is 2.89. The fraction of sp³-hybridized carbons (Fsp3) is 0.286. The van der Waals surface area contributed by atoms with Crippen molar-refractivity contribution in [3.63, 3.8) is 0 Å². The lowest BCUT2D eigenvalue weighted by molar-refractivity contribution is -0.113. The summed E-state index contributed by atoms with van der Waals surface area (Å²) >= 11 is 3.72. The molecule has 0 spiro atoms. The lowest BCUT2D eigenvalue weighted by Crippen LogP contribution is -2.13. The number of hydrogen-bond acceptors (Lipinski definition) is 10. The van der Waals surface area contributed by atoms with Crippen LogP contribution in [0.15, 0.2) is 14.8 Å². The van der Waals surface area contributed by atoms with Crippen molar-refractivity contribution in [2.75, 3.05) is 16.4 Å². The minimum absolute atomic E-state index is 0.154. The van der Waals surface area contributed by atoms with Crippen LogP contribution in [-0.2, 0) is 4.79 Å². The van der Waals surface area contributed by atoms with Gasteiger partial charge in [-0.05, 0) is 26.8 Å². The Balaban J connectivity index is 1.52. The molecule has 3 rings (SSSR count). The van der Waals surface area contributed by atoms with Crippen molar-refractivity contribution >= 4 is 56.5 Å². The van der Waals surface area contributed by atoms with Crippen molar-refractivity contribution < 1.29 is 14.0 Å². The molecule has 0 aliphatic carbocycles. The number of nitrogens with zero attached hydrogens (tertiary/aromatic N) is 4. The van der Waals surface area contributed by atoms with Gasteiger partial charge in [0.15, 0.2) is 4.34 Å². The summed E-state index contributed by atoms with van der Waals surface area (Å²) in [5, 5.41) is 22.5. The van der Waals surface area contributed by atoms with E-state index >= 15 is 0 Å². The van der Waals surface area contributed by atoms with Crippen LogP contribution in [0.2, 0.25) is 0 Å². The van der Waals surface area contributed by atoms with E-state index in [2.05, 4.69) is 31.0 Å². The van der Waals surface area contributed by atoms with Gasteiger partial charge in [0.25, 0.3) is 5.91 Å². The number of nitrogens with one attached hydrogen (secondary N) is 2. The highest BCUT2D eigenvalue weighted by Crippen LogP contribution is 2.26. The molecular weight excluding hydrogens is 396 g/mol. The van der Waals surface area contributed by atoms with Gasteiger partial charge in [-0.25, -0.2) is 0 Å². The SMILES string of the molecule is Cc1cc(C(=O)Nc2nnc(SCC(=O)Nc3nnc(C)s3)s2)c(C)o1. The number of amides is 2. The van der Waals surface area contributed by atoms with Gasteiger partial charge in [0.2, 0.25) is 16.2 Å². The third kappa shape index (κ3) is 4.65. The van der Waals surface area contributed by atoms with Gasteiger partial charge < -0.3 is 4.42 Å². The summed E-state index contributed by atoms with van der Waals surface area (Å²) in [6.45, 7) is 5.31. The maximum Gasteiger partial charge on any atom is 0.261 e. The number of carbonyl (C=O) groups is 2. The van der Waals surface area contributed by atoms with Crippen LogP contribution >= 0.6 is 34.4 Å². The second-order valence-corrected chi connectivity index (χ2v) is 8.50. The molecule has 0 saturated carbocycles. The van der Waals surface area contributed by atoms with Crippen LogP contribution in [-0.4, -0.2) is 38.0 Å². The highest BCUT2D eigenvalue weighted by Gasteiger charge is 2.16. The molecular formula is C14H14N6O3S3. The number of carbonyl (C=O) groups excluding carboxylic acids is 2. The summed E-state index contributed by atoms with van der Waals surface area (Å²) in [5.41, 5.74) is 0.457. The molecule has 0 atom stereocenters. The summed E-state index contributed by atoms with van der Waals surface area (Å²) in [7, 11) is 0. The van der Waals surface area contributed by atoms with Gasteiger partial charge in [-0.15, -0.1) is 20.4 Å². The van der Waals surface area contributed by atoms with E-state index in [9.17, 15) is 9.59 Å². The van der Waals surface area contributed by atoms with Crippen molar-refractivity contribution in [3.8, 4) is 0 Å². The highest BCUT2D eigenvalue weighted by molar-refractivity contribution is 8.01. The van der Waals surface area contributed by atoms with Gasteiger partial charge in [0, 0.05) is 0 Å². The average molecular weight is 411 g/mol. The normalized spacial score (nSPS) is 10.7. The van der Waals surface area contributed by atoms with E-state index in [4.69, 9.17) is 4.42 Å². The van der Waals surface area contributed by atoms with Gasteiger partial charge in [-0.1, -0.05) is 34.4 Å². The Bertz CT molecular complexity index is 948. The van der Waals surface area contributed by atoms with Crippen molar-refractivity contribution in [3.05, 3.63) is 28.2 Å². The molecule has 26 heavy (non-hydrogen) atoms. The van der Waals surface area contributed by atoms with Crippen LogP contribution in [0.1, 0.15) is 26.9 Å². The lowest BCUT2D eigenvalue weighted by Gasteiger charge is -1.99. The highest BCUT2D eigenvalue weighted by atomic mass is 32.2. The zero-order valence-corrected chi connectivity index (χ0v) is 16.5. The number of thioether (sulfide) groups is 1. The lowest BCUT2D eigenvalue weighted by atomic mass is 10.2. The number of anilines is 2. The maximum absolute atomic E-state index is 12.2. The van der Waals surface area contributed by atoms with E-state index in [0.29, 0.717) is 31.7 Å². The number of furan rings is 1. The third-order valence-electron chi connectivity index (χ3n) is 3.01. The molecule has 0 radical (unpaired) electrons. The first-order valence-corrected chi connectivity index (χ1v) is 9.97. The molecule has 12 heteroatoms. The zero-order chi connectivity index (χ0) is 18.7. The van der Waals surface area contributed by atoms with Crippen molar-refractivity contribution in [1.82, 2.24) is 20.4 Å². The van der Waals surface area contributed by atoms with E-state index in [-0.39, 0.29) is 17.6 Å². The van der Waals surface area contributed by atoms with Crippen LogP contribution in [0, 0.1) is 20.8 Å². The number of hydrogen-bond donors (Lipinski definition) is 2. The smallest absolute Gasteiger partial charge is 0.261 e. The Hall–Kier alpha value is -2.31. The molecule has 0 fully saturated rings. The summed E-state index contributed by atoms with van der Waals surface area (Å²) in [5.74, 6) is 0.842. The fourth-order valence-electron chi connectivity index (χ4n) is 1.97. The second kappa shape index (κ2) is 7.93. The summed E-state index contributed by atoms with van der Waals surface area (Å²) < 4.78 is 5.92. The topological polar surface area (TPSA) is 123 Å². The number of aryl methyl sites for hydroxylation is 3. The number of aromatic nitrogens is 4. The van der Waals surface area contributed by atoms with Crippen molar-refractivity contribution in [2.24, 2.45) is 0 Å². The largest absolute Gasteiger partial charge is 0.466 e. The first kappa shape index (κ1) is 18.5. The molecule has 0 aromatic carbocycles. The zero-order valence-electron chi connectivity index (χ0n) is 14.0. The minimum Gasteiger partial charge on any atom is -0.466 e. The number of rotatable bonds is 6. The molecule has 3 aromatic heterocycles. The first-order valence-electron chi connectivity index (χ1n) is 7.35. The maximum atomic E-state index is 12.2. The van der Waals surface area contributed by atoms with E-state index < -0.39 is 0 Å². The van der Waals surface area contributed by atoms with Crippen LogP contribution in [0.5, 0.6) is 0 Å². The Morgan fingerprint density at radius 2 is 1.81 bits per heavy atom. The molecule has 2 amide bonds. The molecule has 0 saturated heterocycles. The molecule has 0 aliphatic rings. The monoisotopic (exact) mass is 410 g/mol. The van der Waals surface area contributed by atoms with Gasteiger partial charge in [0.1, 0.15) is 16.5 Å². The van der Waals surface area contributed by atoms with Gasteiger partial charge >= 0.3 is 0 Å². The summed E-state index contributed by atoms with van der Waals surface area (Å²) in [4.78, 5) is 24.1. The molecule has 136 valence electrons. The minimum atomic E-state index is -0.309. The first-order chi connectivity index (χ1) is 12.4. The predicted molar refractivity (Wildman–Crippen MR) is 100 cm³/mol. The van der Waals surface area contributed by atoms with Crippen LogP contribution in [0.4, 0.5) is 10.3 Å². The van der Waals surface area contributed by atoms with Crippen LogP contribution in [0.25, 0.3) is 0 Å². The average Bonchev–Trinajstić information content (AvgIpc) is 3.27. The molecule has 9 nitrogen and oxygen atoms in total. The van der Waals surface area contributed by atoms with E-state index in [1.165, 1.54) is 34.4 Å². The summed E-state index contributed by atoms with van der Waals surface area (Å²) in [6, 6.07) is 1.67. The molecule has 0 bridgehead atoms. The van der Waals surface area contributed by atoms with Gasteiger partial charge in [0.05, 0.1) is 11.3 Å². The molecule has 0 unspecified atom stereocenters. The van der Waals surface area contributed by atoms with Crippen molar-refractivity contribution in [2.45, 2.75) is 25.1 Å². The van der Waals surface area contributed by atoms with Crippen LogP contribution in [0.3, 0.4) is 0 Å². The fourth-order valence-corrected chi connectivity index (χ4v) is 4.12. The van der Waals surface area contributed by atoms with E-state index in [1.807, 2.05) is 6.92 Å². The van der Waals surface area contributed by atoms with E-state index in [0.717, 1.165) is 5.01 Å². The summed E-state index contributed by atoms with van der Waals surface area (Å²) in [6.07, 6.45) is 0.